The molecule has 0 saturated heterocycles. The van der Waals surface area contributed by atoms with Crippen LogP contribution >= 0.6 is 0 Å². The first-order valence-corrected chi connectivity index (χ1v) is 11.3. The van der Waals surface area contributed by atoms with Crippen molar-refractivity contribution >= 4 is 11.0 Å². The van der Waals surface area contributed by atoms with Crippen LogP contribution in [0, 0.1) is 11.3 Å². The summed E-state index contributed by atoms with van der Waals surface area (Å²) in [6.07, 6.45) is 0. The van der Waals surface area contributed by atoms with Crippen LogP contribution in [0.1, 0.15) is 43.4 Å². The average Bonchev–Trinajstić information content (AvgIpc) is 2.83. The standard InChI is InChI=1S/C29H24N2O4/c1-29(2,3)18-11-9-17(10-12-18)24-19(15-30)28(31)35-23-14-22-25(27(33)26(23)24)20(32)13-21(34-22)16-7-5-4-6-8-16/h4-14,24,33H,31H2,1-3H3. The van der Waals surface area contributed by atoms with Crippen LogP contribution in [0.25, 0.3) is 22.3 Å². The highest BCUT2D eigenvalue weighted by Gasteiger charge is 2.35. The number of hydrogen-bond acceptors (Lipinski definition) is 6. The Kier molecular flexibility index (Phi) is 5.14. The topological polar surface area (TPSA) is 109 Å². The predicted molar refractivity (Wildman–Crippen MR) is 134 cm³/mol. The Labute approximate surface area is 202 Å². The van der Waals surface area contributed by atoms with Crippen LogP contribution in [0.4, 0.5) is 0 Å². The minimum atomic E-state index is -0.699. The second-order valence-corrected chi connectivity index (χ2v) is 9.65. The highest BCUT2D eigenvalue weighted by molar-refractivity contribution is 5.89. The molecule has 6 heteroatoms. The number of nitrogens with zero attached hydrogens (tertiary/aromatic N) is 1. The summed E-state index contributed by atoms with van der Waals surface area (Å²) in [6.45, 7) is 6.35. The molecule has 5 rings (SSSR count). The maximum Gasteiger partial charge on any atom is 0.205 e. The van der Waals surface area contributed by atoms with Crippen molar-refractivity contribution in [3.8, 4) is 28.9 Å². The van der Waals surface area contributed by atoms with Gasteiger partial charge in [-0.25, -0.2) is 0 Å². The summed E-state index contributed by atoms with van der Waals surface area (Å²) in [5.41, 5.74) is 8.95. The fraction of sp³-hybridized carbons (Fsp3) is 0.172. The maximum atomic E-state index is 13.1. The van der Waals surface area contributed by atoms with E-state index >= 15 is 0 Å². The minimum absolute atomic E-state index is 0.0288. The summed E-state index contributed by atoms with van der Waals surface area (Å²) >= 11 is 0. The van der Waals surface area contributed by atoms with Crippen molar-refractivity contribution in [1.29, 1.82) is 5.26 Å². The minimum Gasteiger partial charge on any atom is -0.507 e. The molecule has 1 aromatic heterocycles. The van der Waals surface area contributed by atoms with Crippen molar-refractivity contribution in [2.75, 3.05) is 0 Å². The second kappa shape index (κ2) is 8.07. The Bertz CT molecular complexity index is 1590. The smallest absolute Gasteiger partial charge is 0.205 e. The Balaban J connectivity index is 1.74. The van der Waals surface area contributed by atoms with E-state index in [-0.39, 0.29) is 39.3 Å². The lowest BCUT2D eigenvalue weighted by Gasteiger charge is -2.28. The quantitative estimate of drug-likeness (QED) is 0.395. The number of benzene rings is 3. The van der Waals surface area contributed by atoms with E-state index in [0.717, 1.165) is 16.7 Å². The molecule has 174 valence electrons. The van der Waals surface area contributed by atoms with Crippen molar-refractivity contribution in [2.45, 2.75) is 32.1 Å². The zero-order chi connectivity index (χ0) is 24.9. The molecule has 0 fully saturated rings. The number of hydrogen-bond donors (Lipinski definition) is 2. The molecule has 35 heavy (non-hydrogen) atoms. The number of nitriles is 1. The van der Waals surface area contributed by atoms with Gasteiger partial charge in [-0.1, -0.05) is 75.4 Å². The molecule has 0 radical (unpaired) electrons. The van der Waals surface area contributed by atoms with E-state index in [2.05, 4.69) is 26.8 Å². The van der Waals surface area contributed by atoms with Gasteiger partial charge in [-0.15, -0.1) is 0 Å². The molecule has 0 amide bonds. The van der Waals surface area contributed by atoms with Gasteiger partial charge in [0.2, 0.25) is 5.88 Å². The zero-order valence-electron chi connectivity index (χ0n) is 19.6. The normalized spacial score (nSPS) is 15.4. The van der Waals surface area contributed by atoms with Crippen LogP contribution in [0.15, 0.2) is 87.4 Å². The van der Waals surface area contributed by atoms with Crippen molar-refractivity contribution in [3.63, 3.8) is 0 Å². The van der Waals surface area contributed by atoms with Gasteiger partial charge in [0.15, 0.2) is 5.43 Å². The van der Waals surface area contributed by atoms with Gasteiger partial charge in [0.1, 0.15) is 39.9 Å². The lowest BCUT2D eigenvalue weighted by Crippen LogP contribution is -2.22. The first-order valence-electron chi connectivity index (χ1n) is 11.3. The third kappa shape index (κ3) is 3.71. The Morgan fingerprint density at radius 1 is 1.03 bits per heavy atom. The molecule has 4 aromatic rings. The van der Waals surface area contributed by atoms with Gasteiger partial charge >= 0.3 is 0 Å². The van der Waals surface area contributed by atoms with Crippen LogP contribution in [-0.4, -0.2) is 5.11 Å². The van der Waals surface area contributed by atoms with Gasteiger partial charge in [-0.2, -0.15) is 5.26 Å². The summed E-state index contributed by atoms with van der Waals surface area (Å²) in [7, 11) is 0. The van der Waals surface area contributed by atoms with Crippen LogP contribution in [0.2, 0.25) is 0 Å². The fourth-order valence-corrected chi connectivity index (χ4v) is 4.49. The van der Waals surface area contributed by atoms with Crippen molar-refractivity contribution < 1.29 is 14.3 Å². The summed E-state index contributed by atoms with van der Waals surface area (Å²) in [6, 6.07) is 22.1. The second-order valence-electron chi connectivity index (χ2n) is 9.65. The molecule has 3 aromatic carbocycles. The average molecular weight is 465 g/mol. The zero-order valence-corrected chi connectivity index (χ0v) is 19.6. The Hall–Kier alpha value is -4.50. The highest BCUT2D eigenvalue weighted by Crippen LogP contribution is 2.49. The molecule has 3 N–H and O–H groups in total. The lowest BCUT2D eigenvalue weighted by atomic mass is 9.80. The highest BCUT2D eigenvalue weighted by atomic mass is 16.5. The van der Waals surface area contributed by atoms with E-state index < -0.39 is 11.3 Å². The van der Waals surface area contributed by atoms with Crippen LogP contribution in [0.5, 0.6) is 11.5 Å². The summed E-state index contributed by atoms with van der Waals surface area (Å²) in [4.78, 5) is 13.1. The van der Waals surface area contributed by atoms with E-state index in [4.69, 9.17) is 14.9 Å². The Morgan fingerprint density at radius 2 is 1.71 bits per heavy atom. The largest absolute Gasteiger partial charge is 0.507 e. The lowest BCUT2D eigenvalue weighted by molar-refractivity contribution is 0.383. The number of aromatic hydroxyl groups is 1. The van der Waals surface area contributed by atoms with E-state index in [0.29, 0.717) is 11.3 Å². The van der Waals surface area contributed by atoms with Gasteiger partial charge in [0.05, 0.1) is 11.5 Å². The number of phenolic OH excluding ortho intramolecular Hbond substituents is 1. The van der Waals surface area contributed by atoms with Gasteiger partial charge in [-0.05, 0) is 16.5 Å². The number of nitrogens with two attached hydrogens (primary N) is 1. The first kappa shape index (κ1) is 22.3. The van der Waals surface area contributed by atoms with Gasteiger partial charge in [0.25, 0.3) is 0 Å². The molecule has 1 aliphatic heterocycles. The molecule has 0 saturated carbocycles. The number of fused-ring (bicyclic) bond motifs is 2. The number of allylic oxidation sites excluding steroid dienone is 1. The molecular weight excluding hydrogens is 440 g/mol. The molecular formula is C29H24N2O4. The third-order valence-electron chi connectivity index (χ3n) is 6.35. The monoisotopic (exact) mass is 464 g/mol. The molecule has 0 spiro atoms. The molecule has 0 bridgehead atoms. The third-order valence-corrected chi connectivity index (χ3v) is 6.35. The van der Waals surface area contributed by atoms with Crippen molar-refractivity contribution in [1.82, 2.24) is 0 Å². The molecule has 0 aliphatic carbocycles. The van der Waals surface area contributed by atoms with Gasteiger partial charge < -0.3 is 20.0 Å². The number of rotatable bonds is 2. The molecule has 1 unspecified atom stereocenters. The van der Waals surface area contributed by atoms with Crippen LogP contribution < -0.4 is 15.9 Å². The van der Waals surface area contributed by atoms with Crippen LogP contribution in [0.3, 0.4) is 0 Å². The molecule has 1 atom stereocenters. The predicted octanol–water partition coefficient (Wildman–Crippen LogP) is 5.68. The van der Waals surface area contributed by atoms with E-state index in [1.54, 1.807) is 6.07 Å². The van der Waals surface area contributed by atoms with Gasteiger partial charge in [0, 0.05) is 17.7 Å². The van der Waals surface area contributed by atoms with E-state index in [9.17, 15) is 15.2 Å². The first-order chi connectivity index (χ1) is 16.7. The summed E-state index contributed by atoms with van der Waals surface area (Å²) < 4.78 is 11.7. The van der Waals surface area contributed by atoms with E-state index in [1.165, 1.54) is 6.07 Å². The van der Waals surface area contributed by atoms with Crippen molar-refractivity contribution in [2.24, 2.45) is 5.73 Å². The van der Waals surface area contributed by atoms with Gasteiger partial charge in [-0.3, -0.25) is 4.79 Å². The van der Waals surface area contributed by atoms with E-state index in [1.807, 2.05) is 54.6 Å². The summed E-state index contributed by atoms with van der Waals surface area (Å²) in [5, 5.41) is 21.3. The van der Waals surface area contributed by atoms with Crippen molar-refractivity contribution in [3.05, 3.63) is 105 Å². The molecule has 6 nitrogen and oxygen atoms in total. The number of ether oxygens (including phenoxy) is 1. The fourth-order valence-electron chi connectivity index (χ4n) is 4.49. The van der Waals surface area contributed by atoms with Crippen LogP contribution in [-0.2, 0) is 5.41 Å². The maximum absolute atomic E-state index is 13.1. The number of phenols is 1. The molecule has 2 heterocycles. The Morgan fingerprint density at radius 3 is 2.34 bits per heavy atom. The summed E-state index contributed by atoms with van der Waals surface area (Å²) in [5.74, 6) is -0.421. The SMILES string of the molecule is CC(C)(C)c1ccc(C2C(C#N)=C(N)Oc3cc4oc(-c5ccccc5)cc(=O)c4c(O)c32)cc1. The molecule has 1 aliphatic rings.